The molecule has 0 spiro atoms. The van der Waals surface area contributed by atoms with Gasteiger partial charge in [0.1, 0.15) is 5.71 Å². The molecule has 1 aromatic carbocycles. The second-order valence-corrected chi connectivity index (χ2v) is 3.75. The van der Waals surface area contributed by atoms with Crippen LogP contribution in [0.1, 0.15) is 11.1 Å². The van der Waals surface area contributed by atoms with Crippen LogP contribution in [0.4, 0.5) is 0 Å². The van der Waals surface area contributed by atoms with Crippen LogP contribution in [0.25, 0.3) is 0 Å². The van der Waals surface area contributed by atoms with Gasteiger partial charge in [0.25, 0.3) is 5.60 Å². The van der Waals surface area contributed by atoms with Gasteiger partial charge >= 0.3 is 5.97 Å². The minimum Gasteiger partial charge on any atom is -0.478 e. The molecule has 16 heavy (non-hydrogen) atoms. The molecule has 2 aliphatic rings. The van der Waals surface area contributed by atoms with Crippen LogP contribution in [0.15, 0.2) is 34.5 Å². The summed E-state index contributed by atoms with van der Waals surface area (Å²) in [4.78, 5) is 11.4. The topological polar surface area (TPSA) is 71.2 Å². The third-order valence-corrected chi connectivity index (χ3v) is 2.90. The van der Waals surface area contributed by atoms with Crippen LogP contribution in [0.5, 0.6) is 0 Å². The summed E-state index contributed by atoms with van der Waals surface area (Å²) >= 11 is 0. The minimum absolute atomic E-state index is 0.295. The highest BCUT2D eigenvalue weighted by atomic mass is 16.5. The summed E-state index contributed by atoms with van der Waals surface area (Å²) in [6.07, 6.45) is 1.38. The molecule has 1 aliphatic heterocycles. The fourth-order valence-corrected chi connectivity index (χ4v) is 2.13. The van der Waals surface area contributed by atoms with Crippen LogP contribution in [0.2, 0.25) is 0 Å². The third-order valence-electron chi connectivity index (χ3n) is 2.90. The average molecular weight is 216 g/mol. The van der Waals surface area contributed by atoms with Crippen molar-refractivity contribution in [1.29, 1.82) is 0 Å². The van der Waals surface area contributed by atoms with Crippen LogP contribution in [0.3, 0.4) is 0 Å². The molecule has 1 aromatic rings. The molecule has 0 fully saturated rings. The first kappa shape index (κ1) is 9.08. The number of benzene rings is 1. The van der Waals surface area contributed by atoms with Gasteiger partial charge in [0, 0.05) is 12.0 Å². The molecule has 1 unspecified atom stereocenters. The Morgan fingerprint density at radius 1 is 1.44 bits per heavy atom. The zero-order valence-electron chi connectivity index (χ0n) is 8.25. The van der Waals surface area contributed by atoms with Gasteiger partial charge in [-0.2, -0.15) is 0 Å². The van der Waals surface area contributed by atoms with Gasteiger partial charge in [0.2, 0.25) is 0 Å². The predicted molar refractivity (Wildman–Crippen MR) is 56.6 cm³/mol. The van der Waals surface area contributed by atoms with Crippen LogP contribution < -0.4 is 0 Å². The van der Waals surface area contributed by atoms with E-state index in [1.807, 2.05) is 24.3 Å². The Kier molecular flexibility index (Phi) is 1.65. The lowest BCUT2D eigenvalue weighted by Gasteiger charge is -2.24. The van der Waals surface area contributed by atoms with Crippen molar-refractivity contribution in [3.05, 3.63) is 35.4 Å². The highest BCUT2D eigenvalue weighted by molar-refractivity contribution is 6.22. The van der Waals surface area contributed by atoms with Crippen molar-refractivity contribution in [3.8, 4) is 0 Å². The van der Waals surface area contributed by atoms with E-state index in [1.165, 1.54) is 0 Å². The van der Waals surface area contributed by atoms with E-state index in [-0.39, 0.29) is 0 Å². The van der Waals surface area contributed by atoms with Crippen LogP contribution in [0, 0.1) is 0 Å². The number of ether oxygens (including phenoxy) is 1. The summed E-state index contributed by atoms with van der Waals surface area (Å²) in [5, 5.41) is 16.8. The minimum atomic E-state index is -1.38. The molecule has 1 aliphatic carbocycles. The Bertz CT molecular complexity index is 536. The van der Waals surface area contributed by atoms with E-state index in [1.54, 1.807) is 0 Å². The van der Waals surface area contributed by atoms with Crippen LogP contribution >= 0.6 is 0 Å². The van der Waals surface area contributed by atoms with Crippen molar-refractivity contribution in [2.45, 2.75) is 12.0 Å². The fraction of sp³-hybridized carbons (Fsp3) is 0.182. The van der Waals surface area contributed by atoms with Gasteiger partial charge in [-0.05, 0) is 5.56 Å². The van der Waals surface area contributed by atoms with Crippen LogP contribution in [-0.4, -0.2) is 28.8 Å². The van der Waals surface area contributed by atoms with E-state index in [0.717, 1.165) is 17.5 Å². The van der Waals surface area contributed by atoms with Gasteiger partial charge in [0.05, 0.1) is 0 Å². The molecule has 80 valence electrons. The Balaban J connectivity index is 2.23. The van der Waals surface area contributed by atoms with Gasteiger partial charge in [-0.3, -0.25) is 0 Å². The van der Waals surface area contributed by atoms with Crippen molar-refractivity contribution in [2.24, 2.45) is 10.2 Å². The number of carboxylic acid groups (broad SMARTS) is 1. The summed E-state index contributed by atoms with van der Waals surface area (Å²) in [5.41, 5.74) is 0.736. The van der Waals surface area contributed by atoms with Crippen molar-refractivity contribution < 1.29 is 14.6 Å². The molecule has 0 saturated carbocycles. The fourth-order valence-electron chi connectivity index (χ4n) is 2.13. The maximum absolute atomic E-state index is 11.4. The average Bonchev–Trinajstić information content (AvgIpc) is 2.64. The quantitative estimate of drug-likeness (QED) is 0.755. The molecule has 0 saturated heterocycles. The van der Waals surface area contributed by atoms with E-state index < -0.39 is 11.6 Å². The Morgan fingerprint density at radius 2 is 2.25 bits per heavy atom. The molecule has 1 heterocycles. The molecule has 1 N–H and O–H groups in total. The Morgan fingerprint density at radius 3 is 3.06 bits per heavy atom. The van der Waals surface area contributed by atoms with E-state index in [4.69, 9.17) is 4.74 Å². The first-order valence-corrected chi connectivity index (χ1v) is 4.83. The molecule has 5 heteroatoms. The van der Waals surface area contributed by atoms with Crippen molar-refractivity contribution in [2.75, 3.05) is 0 Å². The van der Waals surface area contributed by atoms with E-state index in [2.05, 4.69) is 10.2 Å². The number of fused-ring (bicyclic) bond motifs is 3. The molecule has 0 bridgehead atoms. The highest BCUT2D eigenvalue weighted by Gasteiger charge is 2.53. The maximum atomic E-state index is 11.4. The number of nitrogens with zero attached hydrogens (tertiary/aromatic N) is 2. The first-order chi connectivity index (χ1) is 7.74. The molecule has 1 atom stereocenters. The molecule has 0 amide bonds. The number of hydrogen-bond acceptors (Lipinski definition) is 4. The van der Waals surface area contributed by atoms with Crippen molar-refractivity contribution in [1.82, 2.24) is 0 Å². The monoisotopic (exact) mass is 216 g/mol. The lowest BCUT2D eigenvalue weighted by atomic mass is 9.98. The molecular formula is C11H8N2O3. The SMILES string of the molecule is O=C(O)C12Cc3ccccc3C1=NN=CO2. The largest absolute Gasteiger partial charge is 0.478 e. The summed E-state index contributed by atoms with van der Waals surface area (Å²) < 4.78 is 5.21. The first-order valence-electron chi connectivity index (χ1n) is 4.83. The smallest absolute Gasteiger partial charge is 0.355 e. The number of hydrogen-bond donors (Lipinski definition) is 1. The molecule has 5 nitrogen and oxygen atoms in total. The summed E-state index contributed by atoms with van der Waals surface area (Å²) in [7, 11) is 0. The van der Waals surface area contributed by atoms with E-state index in [0.29, 0.717) is 12.1 Å². The predicted octanol–water partition coefficient (Wildman–Crippen LogP) is 0.829. The number of rotatable bonds is 1. The number of carboxylic acids is 1. The zero-order valence-corrected chi connectivity index (χ0v) is 8.25. The summed E-state index contributed by atoms with van der Waals surface area (Å²) in [5.74, 6) is -1.03. The van der Waals surface area contributed by atoms with Crippen molar-refractivity contribution in [3.63, 3.8) is 0 Å². The number of carbonyl (C=O) groups is 1. The lowest BCUT2D eigenvalue weighted by molar-refractivity contribution is -0.149. The molecule has 0 aromatic heterocycles. The third kappa shape index (κ3) is 0.970. The summed E-state index contributed by atoms with van der Waals surface area (Å²) in [6.45, 7) is 0. The molecule has 0 radical (unpaired) electrons. The summed E-state index contributed by atoms with van der Waals surface area (Å²) in [6, 6.07) is 7.43. The Hall–Kier alpha value is -2.17. The van der Waals surface area contributed by atoms with Crippen LogP contribution in [-0.2, 0) is 16.0 Å². The van der Waals surface area contributed by atoms with Gasteiger partial charge < -0.3 is 9.84 Å². The molecule has 3 rings (SSSR count). The standard InChI is InChI=1S/C11H8N2O3/c14-10(15)11-5-7-3-1-2-4-8(7)9(11)13-12-6-16-11/h1-4,6H,5H2,(H,14,15). The lowest BCUT2D eigenvalue weighted by Crippen LogP contribution is -2.48. The highest BCUT2D eigenvalue weighted by Crippen LogP contribution is 2.35. The Labute approximate surface area is 91.1 Å². The molecular weight excluding hydrogens is 208 g/mol. The van der Waals surface area contributed by atoms with E-state index >= 15 is 0 Å². The van der Waals surface area contributed by atoms with Crippen molar-refractivity contribution >= 4 is 18.1 Å². The second-order valence-electron chi connectivity index (χ2n) is 3.75. The van der Waals surface area contributed by atoms with Gasteiger partial charge in [-0.1, -0.05) is 24.3 Å². The van der Waals surface area contributed by atoms with Gasteiger partial charge in [-0.15, -0.1) is 10.2 Å². The van der Waals surface area contributed by atoms with Gasteiger partial charge in [-0.25, -0.2) is 4.79 Å². The second kappa shape index (κ2) is 2.91. The normalized spacial score (nSPS) is 25.4. The van der Waals surface area contributed by atoms with E-state index in [9.17, 15) is 9.90 Å². The number of aliphatic carboxylic acids is 1. The zero-order chi connectivity index (χ0) is 11.2. The van der Waals surface area contributed by atoms with Gasteiger partial charge in [0.15, 0.2) is 6.40 Å². The maximum Gasteiger partial charge on any atom is 0.355 e.